The van der Waals surface area contributed by atoms with Gasteiger partial charge in [0.15, 0.2) is 0 Å². The van der Waals surface area contributed by atoms with E-state index in [0.29, 0.717) is 0 Å². The Morgan fingerprint density at radius 3 is 2.37 bits per heavy atom. The minimum atomic E-state index is -0.871. The van der Waals surface area contributed by atoms with E-state index in [-0.39, 0.29) is 24.7 Å². The zero-order valence-electron chi connectivity index (χ0n) is 11.5. The standard InChI is InChI=1S/C15H21NO3/c1-3-4-12-5-7-13(8-6-12)16-14(17)9-11(2)10-15(18)19/h5-8,11H,3-4,9-10H2,1-2H3,(H,16,17)(H,18,19)/t11-/m0/s1. The van der Waals surface area contributed by atoms with Gasteiger partial charge in [-0.25, -0.2) is 0 Å². The summed E-state index contributed by atoms with van der Waals surface area (Å²) in [6, 6.07) is 7.76. The van der Waals surface area contributed by atoms with Gasteiger partial charge in [-0.1, -0.05) is 32.4 Å². The molecule has 0 heterocycles. The van der Waals surface area contributed by atoms with Crippen LogP contribution in [-0.4, -0.2) is 17.0 Å². The summed E-state index contributed by atoms with van der Waals surface area (Å²) in [5.41, 5.74) is 2.01. The molecule has 19 heavy (non-hydrogen) atoms. The number of carbonyl (C=O) groups excluding carboxylic acids is 1. The first kappa shape index (κ1) is 15.2. The van der Waals surface area contributed by atoms with Gasteiger partial charge in [-0.05, 0) is 30.0 Å². The van der Waals surface area contributed by atoms with Gasteiger partial charge in [0.25, 0.3) is 0 Å². The fourth-order valence-electron chi connectivity index (χ4n) is 1.94. The van der Waals surface area contributed by atoms with Gasteiger partial charge in [0, 0.05) is 18.5 Å². The molecule has 0 saturated carbocycles. The zero-order valence-corrected chi connectivity index (χ0v) is 11.5. The van der Waals surface area contributed by atoms with E-state index in [1.54, 1.807) is 6.92 Å². The minimum absolute atomic E-state index is 0.0167. The van der Waals surface area contributed by atoms with Gasteiger partial charge < -0.3 is 10.4 Å². The number of aliphatic carboxylic acids is 1. The highest BCUT2D eigenvalue weighted by Gasteiger charge is 2.12. The molecule has 1 rings (SSSR count). The highest BCUT2D eigenvalue weighted by atomic mass is 16.4. The molecular formula is C15H21NO3. The van der Waals surface area contributed by atoms with Gasteiger partial charge in [0.05, 0.1) is 0 Å². The van der Waals surface area contributed by atoms with Gasteiger partial charge in [-0.2, -0.15) is 0 Å². The van der Waals surface area contributed by atoms with Crippen LogP contribution in [0.4, 0.5) is 5.69 Å². The maximum Gasteiger partial charge on any atom is 0.303 e. The monoisotopic (exact) mass is 263 g/mol. The fraction of sp³-hybridized carbons (Fsp3) is 0.467. The topological polar surface area (TPSA) is 66.4 Å². The molecule has 0 saturated heterocycles. The third kappa shape index (κ3) is 6.04. The van der Waals surface area contributed by atoms with Crippen LogP contribution in [0.15, 0.2) is 24.3 Å². The largest absolute Gasteiger partial charge is 0.481 e. The van der Waals surface area contributed by atoms with E-state index in [4.69, 9.17) is 5.11 Å². The van der Waals surface area contributed by atoms with Crippen molar-refractivity contribution >= 4 is 17.6 Å². The van der Waals surface area contributed by atoms with Crippen molar-refractivity contribution in [2.75, 3.05) is 5.32 Å². The van der Waals surface area contributed by atoms with Gasteiger partial charge in [0.1, 0.15) is 0 Å². The van der Waals surface area contributed by atoms with Gasteiger partial charge in [-0.3, -0.25) is 9.59 Å². The SMILES string of the molecule is CCCc1ccc(NC(=O)C[C@H](C)CC(=O)O)cc1. The van der Waals surface area contributed by atoms with Crippen LogP contribution in [0.5, 0.6) is 0 Å². The number of rotatable bonds is 7. The number of carboxylic acids is 1. The van der Waals surface area contributed by atoms with Crippen LogP contribution in [0.1, 0.15) is 38.7 Å². The highest BCUT2D eigenvalue weighted by Crippen LogP contribution is 2.13. The second-order valence-corrected chi connectivity index (χ2v) is 4.90. The molecule has 0 fully saturated rings. The first-order valence-electron chi connectivity index (χ1n) is 6.61. The number of aryl methyl sites for hydroxylation is 1. The Labute approximate surface area is 113 Å². The van der Waals surface area contributed by atoms with Crippen LogP contribution in [0.25, 0.3) is 0 Å². The third-order valence-electron chi connectivity index (χ3n) is 2.83. The smallest absolute Gasteiger partial charge is 0.303 e. The molecule has 0 aliphatic carbocycles. The van der Waals surface area contributed by atoms with Crippen molar-refractivity contribution in [2.24, 2.45) is 5.92 Å². The van der Waals surface area contributed by atoms with Crippen LogP contribution in [0.2, 0.25) is 0 Å². The molecule has 4 heteroatoms. The second-order valence-electron chi connectivity index (χ2n) is 4.90. The van der Waals surface area contributed by atoms with Crippen LogP contribution in [0, 0.1) is 5.92 Å². The van der Waals surface area contributed by atoms with Crippen LogP contribution < -0.4 is 5.32 Å². The average molecular weight is 263 g/mol. The predicted molar refractivity (Wildman–Crippen MR) is 75.1 cm³/mol. The zero-order chi connectivity index (χ0) is 14.3. The van der Waals surface area contributed by atoms with E-state index in [1.807, 2.05) is 24.3 Å². The molecule has 104 valence electrons. The van der Waals surface area contributed by atoms with E-state index in [2.05, 4.69) is 12.2 Å². The maximum absolute atomic E-state index is 11.7. The molecule has 0 aromatic heterocycles. The lowest BCUT2D eigenvalue weighted by atomic mass is 10.0. The number of carboxylic acid groups (broad SMARTS) is 1. The number of hydrogen-bond donors (Lipinski definition) is 2. The average Bonchev–Trinajstić information content (AvgIpc) is 2.30. The summed E-state index contributed by atoms with van der Waals surface area (Å²) in [6.07, 6.45) is 2.37. The van der Waals surface area contributed by atoms with Crippen molar-refractivity contribution in [3.63, 3.8) is 0 Å². The third-order valence-corrected chi connectivity index (χ3v) is 2.83. The Balaban J connectivity index is 2.45. The lowest BCUT2D eigenvalue weighted by Gasteiger charge is -2.10. The summed E-state index contributed by atoms with van der Waals surface area (Å²) < 4.78 is 0. The molecule has 0 spiro atoms. The van der Waals surface area contributed by atoms with Crippen LogP contribution >= 0.6 is 0 Å². The second kappa shape index (κ2) is 7.56. The van der Waals surface area contributed by atoms with E-state index in [9.17, 15) is 9.59 Å². The maximum atomic E-state index is 11.7. The van der Waals surface area contributed by atoms with Gasteiger partial charge >= 0.3 is 5.97 Å². The first-order valence-corrected chi connectivity index (χ1v) is 6.61. The Hall–Kier alpha value is -1.84. The molecule has 4 nitrogen and oxygen atoms in total. The minimum Gasteiger partial charge on any atom is -0.481 e. The van der Waals surface area contributed by atoms with Gasteiger partial charge in [0.2, 0.25) is 5.91 Å². The number of benzene rings is 1. The van der Waals surface area contributed by atoms with Crippen molar-refractivity contribution in [1.82, 2.24) is 0 Å². The highest BCUT2D eigenvalue weighted by molar-refractivity contribution is 5.91. The summed E-state index contributed by atoms with van der Waals surface area (Å²) in [5, 5.41) is 11.4. The number of hydrogen-bond acceptors (Lipinski definition) is 2. The first-order chi connectivity index (χ1) is 9.01. The lowest BCUT2D eigenvalue weighted by molar-refractivity contribution is -0.138. The molecule has 0 unspecified atom stereocenters. The summed E-state index contributed by atoms with van der Waals surface area (Å²) in [7, 11) is 0. The van der Waals surface area contributed by atoms with Crippen LogP contribution in [-0.2, 0) is 16.0 Å². The molecule has 0 aliphatic heterocycles. The van der Waals surface area contributed by atoms with E-state index < -0.39 is 5.97 Å². The number of amides is 1. The Morgan fingerprint density at radius 2 is 1.84 bits per heavy atom. The molecule has 1 aromatic rings. The quantitative estimate of drug-likeness (QED) is 0.794. The van der Waals surface area contributed by atoms with Crippen molar-refractivity contribution in [1.29, 1.82) is 0 Å². The molecule has 1 aromatic carbocycles. The van der Waals surface area contributed by atoms with Crippen LogP contribution in [0.3, 0.4) is 0 Å². The molecule has 0 bridgehead atoms. The Bertz CT molecular complexity index is 426. The molecule has 0 radical (unpaired) electrons. The molecule has 1 atom stereocenters. The van der Waals surface area contributed by atoms with Gasteiger partial charge in [-0.15, -0.1) is 0 Å². The van der Waals surface area contributed by atoms with Crippen molar-refractivity contribution in [3.05, 3.63) is 29.8 Å². The fourth-order valence-corrected chi connectivity index (χ4v) is 1.94. The van der Waals surface area contributed by atoms with E-state index in [0.717, 1.165) is 18.5 Å². The molecule has 2 N–H and O–H groups in total. The Morgan fingerprint density at radius 1 is 1.21 bits per heavy atom. The Kier molecular flexibility index (Phi) is 6.06. The number of nitrogens with one attached hydrogen (secondary N) is 1. The normalized spacial score (nSPS) is 11.9. The van der Waals surface area contributed by atoms with E-state index in [1.165, 1.54) is 5.56 Å². The van der Waals surface area contributed by atoms with E-state index >= 15 is 0 Å². The molecule has 0 aliphatic rings. The van der Waals surface area contributed by atoms with Crippen molar-refractivity contribution in [3.8, 4) is 0 Å². The number of anilines is 1. The predicted octanol–water partition coefficient (Wildman–Crippen LogP) is 3.08. The molecule has 1 amide bonds. The lowest BCUT2D eigenvalue weighted by Crippen LogP contribution is -2.16. The van der Waals surface area contributed by atoms with Crippen molar-refractivity contribution in [2.45, 2.75) is 39.5 Å². The van der Waals surface area contributed by atoms with Crippen molar-refractivity contribution < 1.29 is 14.7 Å². The summed E-state index contributed by atoms with van der Waals surface area (Å²) in [6.45, 7) is 3.89. The number of carbonyl (C=O) groups is 2. The summed E-state index contributed by atoms with van der Waals surface area (Å²) >= 11 is 0. The molecular weight excluding hydrogens is 242 g/mol. The summed E-state index contributed by atoms with van der Waals surface area (Å²) in [4.78, 5) is 22.2. The summed E-state index contributed by atoms with van der Waals surface area (Å²) in [5.74, 6) is -1.17.